The molecule has 0 radical (unpaired) electrons. The number of halogens is 2. The van der Waals surface area contributed by atoms with Gasteiger partial charge >= 0.3 is 0 Å². The van der Waals surface area contributed by atoms with Crippen LogP contribution in [-0.2, 0) is 4.79 Å². The van der Waals surface area contributed by atoms with E-state index < -0.39 is 0 Å². The van der Waals surface area contributed by atoms with Gasteiger partial charge in [-0.15, -0.1) is 0 Å². The van der Waals surface area contributed by atoms with Gasteiger partial charge in [-0.05, 0) is 40.8 Å². The first-order valence-electron chi connectivity index (χ1n) is 4.51. The molecule has 1 fully saturated rings. The third kappa shape index (κ3) is 2.42. The normalized spacial score (nSPS) is 21.1. The molecule has 80 valence electrons. The molecule has 1 atom stereocenters. The molecule has 0 spiro atoms. The zero-order valence-corrected chi connectivity index (χ0v) is 11.6. The van der Waals surface area contributed by atoms with Crippen molar-refractivity contribution in [2.45, 2.75) is 11.7 Å². The van der Waals surface area contributed by atoms with Gasteiger partial charge in [-0.1, -0.05) is 11.6 Å². The highest BCUT2D eigenvalue weighted by atomic mass is 127. The lowest BCUT2D eigenvalue weighted by Gasteiger charge is -2.16. The van der Waals surface area contributed by atoms with Crippen LogP contribution in [-0.4, -0.2) is 17.7 Å². The van der Waals surface area contributed by atoms with Crippen LogP contribution in [0.4, 0.5) is 5.69 Å². The molecular formula is C10H9ClINOS. The Labute approximate surface area is 113 Å². The summed E-state index contributed by atoms with van der Waals surface area (Å²) >= 11 is 12.4. The third-order valence-corrected chi connectivity index (χ3v) is 4.21. The Morgan fingerprint density at radius 1 is 1.53 bits per heavy atom. The SMILES string of the molecule is O=C1CC(S)CN1c1ccc(Cl)c(I)c1. The van der Waals surface area contributed by atoms with Crippen molar-refractivity contribution in [1.82, 2.24) is 0 Å². The van der Waals surface area contributed by atoms with Crippen molar-refractivity contribution < 1.29 is 4.79 Å². The van der Waals surface area contributed by atoms with Crippen LogP contribution in [0, 0.1) is 3.57 Å². The lowest BCUT2D eigenvalue weighted by atomic mass is 10.3. The fraction of sp³-hybridized carbons (Fsp3) is 0.300. The van der Waals surface area contributed by atoms with E-state index >= 15 is 0 Å². The van der Waals surface area contributed by atoms with Crippen LogP contribution in [0.3, 0.4) is 0 Å². The van der Waals surface area contributed by atoms with Gasteiger partial charge in [-0.25, -0.2) is 0 Å². The van der Waals surface area contributed by atoms with Crippen molar-refractivity contribution >= 4 is 58.4 Å². The first-order valence-corrected chi connectivity index (χ1v) is 6.48. The first-order chi connectivity index (χ1) is 7.08. The van der Waals surface area contributed by atoms with E-state index in [0.717, 1.165) is 9.26 Å². The molecule has 2 rings (SSSR count). The van der Waals surface area contributed by atoms with Gasteiger partial charge in [0.2, 0.25) is 5.91 Å². The molecule has 0 aromatic heterocycles. The zero-order chi connectivity index (χ0) is 11.0. The maximum atomic E-state index is 11.6. The number of thiol groups is 1. The number of hydrogen-bond donors (Lipinski definition) is 1. The summed E-state index contributed by atoms with van der Waals surface area (Å²) in [5, 5.41) is 0.860. The second kappa shape index (κ2) is 4.51. The molecule has 1 unspecified atom stereocenters. The van der Waals surface area contributed by atoms with E-state index in [-0.39, 0.29) is 11.2 Å². The fourth-order valence-corrected chi connectivity index (χ4v) is 2.53. The summed E-state index contributed by atoms with van der Waals surface area (Å²) in [6.45, 7) is 0.680. The monoisotopic (exact) mass is 353 g/mol. The van der Waals surface area contributed by atoms with Gasteiger partial charge in [0.15, 0.2) is 0 Å². The number of carbonyl (C=O) groups excluding carboxylic acids is 1. The number of anilines is 1. The molecule has 0 saturated carbocycles. The maximum absolute atomic E-state index is 11.6. The maximum Gasteiger partial charge on any atom is 0.228 e. The van der Waals surface area contributed by atoms with Crippen molar-refractivity contribution in [3.63, 3.8) is 0 Å². The molecule has 1 aromatic carbocycles. The van der Waals surface area contributed by atoms with E-state index in [0.29, 0.717) is 18.0 Å². The van der Waals surface area contributed by atoms with Gasteiger partial charge in [-0.3, -0.25) is 4.79 Å². The average molecular weight is 354 g/mol. The first kappa shape index (κ1) is 11.5. The van der Waals surface area contributed by atoms with Gasteiger partial charge in [0.25, 0.3) is 0 Å². The quantitative estimate of drug-likeness (QED) is 0.608. The second-order valence-electron chi connectivity index (χ2n) is 3.46. The van der Waals surface area contributed by atoms with Crippen LogP contribution in [0.5, 0.6) is 0 Å². The highest BCUT2D eigenvalue weighted by Crippen LogP contribution is 2.28. The molecule has 1 saturated heterocycles. The smallest absolute Gasteiger partial charge is 0.228 e. The molecule has 5 heteroatoms. The predicted molar refractivity (Wildman–Crippen MR) is 73.9 cm³/mol. The zero-order valence-electron chi connectivity index (χ0n) is 7.78. The van der Waals surface area contributed by atoms with E-state index in [1.165, 1.54) is 0 Å². The van der Waals surface area contributed by atoms with Crippen molar-refractivity contribution in [2.24, 2.45) is 0 Å². The highest BCUT2D eigenvalue weighted by molar-refractivity contribution is 14.1. The van der Waals surface area contributed by atoms with E-state index in [9.17, 15) is 4.79 Å². The Kier molecular flexibility index (Phi) is 3.47. The van der Waals surface area contributed by atoms with Crippen LogP contribution in [0.2, 0.25) is 5.02 Å². The van der Waals surface area contributed by atoms with Crippen molar-refractivity contribution in [2.75, 3.05) is 11.4 Å². The molecule has 15 heavy (non-hydrogen) atoms. The topological polar surface area (TPSA) is 20.3 Å². The van der Waals surface area contributed by atoms with E-state index in [1.807, 2.05) is 18.2 Å². The molecule has 1 amide bonds. The lowest BCUT2D eigenvalue weighted by Crippen LogP contribution is -2.24. The molecule has 0 aliphatic carbocycles. The van der Waals surface area contributed by atoms with Gasteiger partial charge in [-0.2, -0.15) is 12.6 Å². The molecule has 1 aliphatic rings. The summed E-state index contributed by atoms with van der Waals surface area (Å²) in [6.07, 6.45) is 0.516. The van der Waals surface area contributed by atoms with Gasteiger partial charge in [0.05, 0.1) is 5.02 Å². The molecule has 1 aliphatic heterocycles. The second-order valence-corrected chi connectivity index (χ2v) is 5.76. The summed E-state index contributed by atoms with van der Waals surface area (Å²) in [4.78, 5) is 13.4. The van der Waals surface area contributed by atoms with Crippen molar-refractivity contribution in [3.8, 4) is 0 Å². The van der Waals surface area contributed by atoms with Crippen molar-refractivity contribution in [3.05, 3.63) is 26.8 Å². The predicted octanol–water partition coefficient (Wildman–Crippen LogP) is 2.98. The largest absolute Gasteiger partial charge is 0.311 e. The highest BCUT2D eigenvalue weighted by Gasteiger charge is 2.28. The number of benzene rings is 1. The van der Waals surface area contributed by atoms with E-state index in [4.69, 9.17) is 11.6 Å². The fourth-order valence-electron chi connectivity index (χ4n) is 1.59. The third-order valence-electron chi connectivity index (χ3n) is 2.32. The number of carbonyl (C=O) groups is 1. The minimum Gasteiger partial charge on any atom is -0.311 e. The Morgan fingerprint density at radius 3 is 2.80 bits per heavy atom. The molecule has 0 N–H and O–H groups in total. The summed E-state index contributed by atoms with van der Waals surface area (Å²) in [5.41, 5.74) is 0.908. The standard InChI is InChI=1S/C10H9ClINOS/c11-8-2-1-6(3-9(8)12)13-5-7(15)4-10(13)14/h1-3,7,15H,4-5H2. The minimum atomic E-state index is 0.133. The van der Waals surface area contributed by atoms with Gasteiger partial charge < -0.3 is 4.90 Å². The molecule has 1 aromatic rings. The number of rotatable bonds is 1. The molecule has 0 bridgehead atoms. The van der Waals surface area contributed by atoms with Crippen LogP contribution in [0.1, 0.15) is 6.42 Å². The Balaban J connectivity index is 2.30. The summed E-state index contributed by atoms with van der Waals surface area (Å²) in [6, 6.07) is 5.61. The number of hydrogen-bond acceptors (Lipinski definition) is 2. The molecule has 2 nitrogen and oxygen atoms in total. The Hall–Kier alpha value is 0.0600. The lowest BCUT2D eigenvalue weighted by molar-refractivity contribution is -0.117. The Morgan fingerprint density at radius 2 is 2.27 bits per heavy atom. The summed E-state index contributed by atoms with van der Waals surface area (Å²) < 4.78 is 0.960. The minimum absolute atomic E-state index is 0.133. The van der Waals surface area contributed by atoms with Crippen LogP contribution >= 0.6 is 46.8 Å². The van der Waals surface area contributed by atoms with Crippen LogP contribution in [0.15, 0.2) is 18.2 Å². The van der Waals surface area contributed by atoms with Gasteiger partial charge in [0.1, 0.15) is 0 Å². The van der Waals surface area contributed by atoms with Gasteiger partial charge in [0, 0.05) is 27.5 Å². The average Bonchev–Trinajstić information content (AvgIpc) is 2.50. The van der Waals surface area contributed by atoms with Crippen LogP contribution < -0.4 is 4.90 Å². The van der Waals surface area contributed by atoms with Crippen LogP contribution in [0.25, 0.3) is 0 Å². The number of amides is 1. The Bertz CT molecular complexity index is 412. The number of nitrogens with zero attached hydrogens (tertiary/aromatic N) is 1. The van der Waals surface area contributed by atoms with E-state index in [2.05, 4.69) is 35.2 Å². The summed E-state index contributed by atoms with van der Waals surface area (Å²) in [7, 11) is 0. The van der Waals surface area contributed by atoms with Crippen molar-refractivity contribution in [1.29, 1.82) is 0 Å². The molecule has 1 heterocycles. The molecular weight excluding hydrogens is 345 g/mol. The summed E-state index contributed by atoms with van der Waals surface area (Å²) in [5.74, 6) is 0.133. The van der Waals surface area contributed by atoms with E-state index in [1.54, 1.807) is 4.90 Å².